The van der Waals surface area contributed by atoms with Gasteiger partial charge in [-0.25, -0.2) is 0 Å². The SMILES string of the molecule is Cc1ccc(C(C)NCc2ccc(-c3ccc(Cl)cc3[N+](=O)[O-])o2)o1. The lowest BCUT2D eigenvalue weighted by atomic mass is 10.1. The molecule has 0 fully saturated rings. The van der Waals surface area contributed by atoms with Gasteiger partial charge < -0.3 is 14.2 Å². The molecule has 0 bridgehead atoms. The van der Waals surface area contributed by atoms with E-state index in [4.69, 9.17) is 20.4 Å². The molecular weight excluding hydrogens is 344 g/mol. The first-order valence-corrected chi connectivity index (χ1v) is 8.14. The minimum Gasteiger partial charge on any atom is -0.465 e. The lowest BCUT2D eigenvalue weighted by Gasteiger charge is -2.09. The summed E-state index contributed by atoms with van der Waals surface area (Å²) in [4.78, 5) is 10.7. The zero-order valence-electron chi connectivity index (χ0n) is 13.8. The summed E-state index contributed by atoms with van der Waals surface area (Å²) in [7, 11) is 0. The Bertz CT molecular complexity index is 900. The number of rotatable bonds is 6. The highest BCUT2D eigenvalue weighted by molar-refractivity contribution is 6.30. The van der Waals surface area contributed by atoms with Gasteiger partial charge in [0.2, 0.25) is 0 Å². The molecular formula is C18H17ClN2O4. The maximum Gasteiger partial charge on any atom is 0.281 e. The van der Waals surface area contributed by atoms with Gasteiger partial charge in [-0.15, -0.1) is 0 Å². The van der Waals surface area contributed by atoms with Crippen molar-refractivity contribution in [2.75, 3.05) is 0 Å². The Labute approximate surface area is 149 Å². The largest absolute Gasteiger partial charge is 0.465 e. The van der Waals surface area contributed by atoms with Crippen LogP contribution in [0.2, 0.25) is 5.02 Å². The fourth-order valence-corrected chi connectivity index (χ4v) is 2.69. The highest BCUT2D eigenvalue weighted by Crippen LogP contribution is 2.33. The molecule has 2 heterocycles. The fourth-order valence-electron chi connectivity index (χ4n) is 2.52. The normalized spacial score (nSPS) is 12.3. The zero-order chi connectivity index (χ0) is 18.0. The van der Waals surface area contributed by atoms with E-state index in [2.05, 4.69) is 5.32 Å². The van der Waals surface area contributed by atoms with E-state index < -0.39 is 4.92 Å². The van der Waals surface area contributed by atoms with Crippen LogP contribution < -0.4 is 5.32 Å². The Morgan fingerprint density at radius 1 is 1.20 bits per heavy atom. The second kappa shape index (κ2) is 7.13. The molecule has 25 heavy (non-hydrogen) atoms. The van der Waals surface area contributed by atoms with Gasteiger partial charge in [0.25, 0.3) is 5.69 Å². The zero-order valence-corrected chi connectivity index (χ0v) is 14.5. The number of nitro groups is 1. The van der Waals surface area contributed by atoms with E-state index in [0.717, 1.165) is 11.5 Å². The first-order valence-electron chi connectivity index (χ1n) is 7.77. The van der Waals surface area contributed by atoms with Crippen LogP contribution in [0.15, 0.2) is 51.3 Å². The third-order valence-corrected chi connectivity index (χ3v) is 4.09. The molecule has 1 unspecified atom stereocenters. The summed E-state index contributed by atoms with van der Waals surface area (Å²) >= 11 is 5.84. The lowest BCUT2D eigenvalue weighted by Crippen LogP contribution is -2.17. The van der Waals surface area contributed by atoms with Crippen molar-refractivity contribution in [3.05, 3.63) is 74.9 Å². The Hall–Kier alpha value is -2.57. The summed E-state index contributed by atoms with van der Waals surface area (Å²) < 4.78 is 11.3. The molecule has 0 amide bonds. The quantitative estimate of drug-likeness (QED) is 0.479. The van der Waals surface area contributed by atoms with Crippen LogP contribution in [-0.4, -0.2) is 4.92 Å². The van der Waals surface area contributed by atoms with Gasteiger partial charge in [-0.3, -0.25) is 10.1 Å². The van der Waals surface area contributed by atoms with Crippen LogP contribution in [0.1, 0.15) is 30.2 Å². The van der Waals surface area contributed by atoms with Crippen LogP contribution in [0.5, 0.6) is 0 Å². The van der Waals surface area contributed by atoms with Crippen molar-refractivity contribution < 1.29 is 13.8 Å². The van der Waals surface area contributed by atoms with Crippen LogP contribution in [0, 0.1) is 17.0 Å². The van der Waals surface area contributed by atoms with Crippen molar-refractivity contribution in [2.45, 2.75) is 26.4 Å². The van der Waals surface area contributed by atoms with Gasteiger partial charge in [0.1, 0.15) is 23.0 Å². The smallest absolute Gasteiger partial charge is 0.281 e. The molecule has 3 rings (SSSR count). The number of hydrogen-bond acceptors (Lipinski definition) is 5. The van der Waals surface area contributed by atoms with E-state index in [1.54, 1.807) is 24.3 Å². The summed E-state index contributed by atoms with van der Waals surface area (Å²) in [5.74, 6) is 2.81. The Kier molecular flexibility index (Phi) is 4.92. The van der Waals surface area contributed by atoms with Crippen LogP contribution >= 0.6 is 11.6 Å². The molecule has 0 aliphatic heterocycles. The molecule has 130 valence electrons. The van der Waals surface area contributed by atoms with Crippen molar-refractivity contribution >= 4 is 17.3 Å². The predicted molar refractivity (Wildman–Crippen MR) is 94.5 cm³/mol. The number of furan rings is 2. The molecule has 0 saturated heterocycles. The van der Waals surface area contributed by atoms with E-state index in [9.17, 15) is 10.1 Å². The highest BCUT2D eigenvalue weighted by Gasteiger charge is 2.19. The van der Waals surface area contributed by atoms with Crippen molar-refractivity contribution in [1.82, 2.24) is 5.32 Å². The van der Waals surface area contributed by atoms with Crippen molar-refractivity contribution in [1.29, 1.82) is 0 Å². The van der Waals surface area contributed by atoms with E-state index in [-0.39, 0.29) is 11.7 Å². The molecule has 7 heteroatoms. The van der Waals surface area contributed by atoms with Gasteiger partial charge >= 0.3 is 0 Å². The van der Waals surface area contributed by atoms with Crippen molar-refractivity contribution in [2.24, 2.45) is 0 Å². The number of nitro benzene ring substituents is 1. The first-order chi connectivity index (χ1) is 11.9. The van der Waals surface area contributed by atoms with Gasteiger partial charge in [0, 0.05) is 11.1 Å². The topological polar surface area (TPSA) is 81.5 Å². The Morgan fingerprint density at radius 2 is 2.00 bits per heavy atom. The third-order valence-electron chi connectivity index (χ3n) is 3.85. The Balaban J connectivity index is 1.74. The van der Waals surface area contributed by atoms with Crippen LogP contribution in [0.4, 0.5) is 5.69 Å². The van der Waals surface area contributed by atoms with Gasteiger partial charge in [0.05, 0.1) is 23.1 Å². The van der Waals surface area contributed by atoms with E-state index in [1.807, 2.05) is 26.0 Å². The summed E-state index contributed by atoms with van der Waals surface area (Å²) in [6, 6.07) is 11.9. The molecule has 0 spiro atoms. The maximum absolute atomic E-state index is 11.2. The molecule has 0 saturated carbocycles. The molecule has 1 atom stereocenters. The minimum absolute atomic E-state index is 0.0205. The third kappa shape index (κ3) is 3.92. The number of halogens is 1. The molecule has 0 aliphatic carbocycles. The standard InChI is InChI=1S/C18H17ClN2O4/c1-11-3-7-17(24-11)12(2)20-10-14-5-8-18(25-14)15-6-4-13(19)9-16(15)21(22)23/h3-9,12,20H,10H2,1-2H3. The summed E-state index contributed by atoms with van der Waals surface area (Å²) in [5, 5.41) is 14.8. The highest BCUT2D eigenvalue weighted by atomic mass is 35.5. The molecule has 2 aromatic heterocycles. The second-order valence-electron chi connectivity index (χ2n) is 5.74. The molecule has 0 aliphatic rings. The summed E-state index contributed by atoms with van der Waals surface area (Å²) in [6.07, 6.45) is 0. The fraction of sp³-hybridized carbons (Fsp3) is 0.222. The predicted octanol–water partition coefficient (Wildman–Crippen LogP) is 5.26. The molecule has 6 nitrogen and oxygen atoms in total. The summed E-state index contributed by atoms with van der Waals surface area (Å²) in [6.45, 7) is 4.36. The van der Waals surface area contributed by atoms with Crippen LogP contribution in [-0.2, 0) is 6.54 Å². The molecule has 1 N–H and O–H groups in total. The molecule has 1 aromatic carbocycles. The number of aryl methyl sites for hydroxylation is 1. The number of benzene rings is 1. The summed E-state index contributed by atoms with van der Waals surface area (Å²) in [5.41, 5.74) is 0.316. The average molecular weight is 361 g/mol. The van der Waals surface area contributed by atoms with Crippen LogP contribution in [0.25, 0.3) is 11.3 Å². The number of hydrogen-bond donors (Lipinski definition) is 1. The second-order valence-corrected chi connectivity index (χ2v) is 6.17. The van der Waals surface area contributed by atoms with Gasteiger partial charge in [-0.1, -0.05) is 11.6 Å². The van der Waals surface area contributed by atoms with Crippen molar-refractivity contribution in [3.63, 3.8) is 0 Å². The average Bonchev–Trinajstić information content (AvgIpc) is 3.21. The van der Waals surface area contributed by atoms with E-state index in [1.165, 1.54) is 6.07 Å². The monoisotopic (exact) mass is 360 g/mol. The number of nitrogens with one attached hydrogen (secondary N) is 1. The minimum atomic E-state index is -0.469. The number of nitrogens with zero attached hydrogens (tertiary/aromatic N) is 1. The maximum atomic E-state index is 11.2. The van der Waals surface area contributed by atoms with E-state index >= 15 is 0 Å². The van der Waals surface area contributed by atoms with Gasteiger partial charge in [-0.2, -0.15) is 0 Å². The van der Waals surface area contributed by atoms with Gasteiger partial charge in [-0.05, 0) is 50.2 Å². The first kappa shape index (κ1) is 17.3. The molecule has 0 radical (unpaired) electrons. The van der Waals surface area contributed by atoms with Crippen molar-refractivity contribution in [3.8, 4) is 11.3 Å². The van der Waals surface area contributed by atoms with Gasteiger partial charge in [0.15, 0.2) is 0 Å². The molecule has 3 aromatic rings. The lowest BCUT2D eigenvalue weighted by molar-refractivity contribution is -0.384. The van der Waals surface area contributed by atoms with Crippen LogP contribution in [0.3, 0.4) is 0 Å². The Morgan fingerprint density at radius 3 is 2.68 bits per heavy atom. The van der Waals surface area contributed by atoms with E-state index in [0.29, 0.717) is 28.7 Å².